The highest BCUT2D eigenvalue weighted by Gasteiger charge is 2.35. The Hall–Kier alpha value is -3.48. The Labute approximate surface area is 156 Å². The van der Waals surface area contributed by atoms with E-state index >= 15 is 0 Å². The third-order valence-electron chi connectivity index (χ3n) is 4.51. The molecule has 3 aromatic rings. The van der Waals surface area contributed by atoms with Crippen LogP contribution in [0.4, 0.5) is 11.4 Å². The second-order valence-electron chi connectivity index (χ2n) is 6.42. The van der Waals surface area contributed by atoms with Crippen molar-refractivity contribution in [3.8, 4) is 11.5 Å². The van der Waals surface area contributed by atoms with E-state index in [-0.39, 0.29) is 18.2 Å². The summed E-state index contributed by atoms with van der Waals surface area (Å²) in [6.07, 6.45) is 0.183. The Morgan fingerprint density at radius 2 is 1.89 bits per heavy atom. The molecule has 2 heterocycles. The van der Waals surface area contributed by atoms with Crippen LogP contribution in [0, 0.1) is 12.8 Å². The lowest BCUT2D eigenvalue weighted by molar-refractivity contribution is -0.122. The van der Waals surface area contributed by atoms with E-state index < -0.39 is 5.92 Å². The Bertz CT molecular complexity index is 984. The molecular formula is C20H18N4O3. The number of nitrogens with one attached hydrogen (secondary N) is 1. The summed E-state index contributed by atoms with van der Waals surface area (Å²) in [5.41, 5.74) is 2.03. The average Bonchev–Trinajstić information content (AvgIpc) is 3.29. The van der Waals surface area contributed by atoms with Gasteiger partial charge in [-0.25, -0.2) is 0 Å². The molecule has 2 amide bonds. The minimum atomic E-state index is -0.421. The molecular weight excluding hydrogens is 344 g/mol. The van der Waals surface area contributed by atoms with Gasteiger partial charge in [0.15, 0.2) is 5.82 Å². The summed E-state index contributed by atoms with van der Waals surface area (Å²) in [5, 5.41) is 6.70. The number of anilines is 2. The molecule has 7 nitrogen and oxygen atoms in total. The molecule has 1 N–H and O–H groups in total. The Morgan fingerprint density at radius 3 is 2.63 bits per heavy atom. The van der Waals surface area contributed by atoms with Crippen molar-refractivity contribution in [2.75, 3.05) is 16.8 Å². The summed E-state index contributed by atoms with van der Waals surface area (Å²) in [7, 11) is 0. The van der Waals surface area contributed by atoms with Gasteiger partial charge in [0.2, 0.25) is 11.8 Å². The molecule has 27 heavy (non-hydrogen) atoms. The van der Waals surface area contributed by atoms with E-state index in [1.165, 1.54) is 0 Å². The highest BCUT2D eigenvalue weighted by atomic mass is 16.5. The zero-order valence-electron chi connectivity index (χ0n) is 14.8. The van der Waals surface area contributed by atoms with Crippen LogP contribution in [0.3, 0.4) is 0 Å². The van der Waals surface area contributed by atoms with Gasteiger partial charge in [-0.3, -0.25) is 9.59 Å². The van der Waals surface area contributed by atoms with E-state index in [1.54, 1.807) is 24.0 Å². The summed E-state index contributed by atoms with van der Waals surface area (Å²) in [4.78, 5) is 31.0. The normalized spacial score (nSPS) is 16.6. The number of aromatic nitrogens is 2. The third-order valence-corrected chi connectivity index (χ3v) is 4.51. The number of carbonyl (C=O) groups is 2. The minimum Gasteiger partial charge on any atom is -0.334 e. The molecule has 0 saturated carbocycles. The van der Waals surface area contributed by atoms with Crippen LogP contribution in [-0.4, -0.2) is 28.5 Å². The number of carbonyl (C=O) groups excluding carboxylic acids is 2. The van der Waals surface area contributed by atoms with Crippen LogP contribution in [0.5, 0.6) is 0 Å². The van der Waals surface area contributed by atoms with Crippen molar-refractivity contribution in [2.45, 2.75) is 13.3 Å². The standard InChI is InChI=1S/C20H18N4O3/c1-13-21-20(27-23-13)16-9-5-6-10-17(16)22-19(26)14-11-18(25)24(12-14)15-7-3-2-4-8-15/h2-10,14H,11-12H2,1H3,(H,22,26)/t14-/m1/s1. The molecule has 1 aliphatic heterocycles. The SMILES string of the molecule is Cc1noc(-c2ccccc2NC(=O)[C@@H]2CC(=O)N(c3ccccc3)C2)n1. The lowest BCUT2D eigenvalue weighted by atomic mass is 10.1. The van der Waals surface area contributed by atoms with E-state index in [2.05, 4.69) is 15.5 Å². The third kappa shape index (κ3) is 3.44. The summed E-state index contributed by atoms with van der Waals surface area (Å²) in [6.45, 7) is 2.09. The van der Waals surface area contributed by atoms with Gasteiger partial charge in [-0.15, -0.1) is 0 Å². The molecule has 1 fully saturated rings. The smallest absolute Gasteiger partial charge is 0.260 e. The van der Waals surface area contributed by atoms with E-state index in [9.17, 15) is 9.59 Å². The molecule has 0 unspecified atom stereocenters. The van der Waals surface area contributed by atoms with Crippen molar-refractivity contribution in [1.29, 1.82) is 0 Å². The van der Waals surface area contributed by atoms with E-state index in [1.807, 2.05) is 42.5 Å². The quantitative estimate of drug-likeness (QED) is 0.771. The molecule has 4 rings (SSSR count). The van der Waals surface area contributed by atoms with Crippen LogP contribution in [0.1, 0.15) is 12.2 Å². The van der Waals surface area contributed by atoms with Crippen molar-refractivity contribution in [3.05, 3.63) is 60.4 Å². The Morgan fingerprint density at radius 1 is 1.15 bits per heavy atom. The number of rotatable bonds is 4. The first kappa shape index (κ1) is 17.0. The van der Waals surface area contributed by atoms with Gasteiger partial charge in [0, 0.05) is 18.7 Å². The molecule has 1 saturated heterocycles. The highest BCUT2D eigenvalue weighted by Crippen LogP contribution is 2.29. The van der Waals surface area contributed by atoms with Crippen molar-refractivity contribution >= 4 is 23.2 Å². The first-order chi connectivity index (χ1) is 13.1. The van der Waals surface area contributed by atoms with Crippen molar-refractivity contribution in [3.63, 3.8) is 0 Å². The second-order valence-corrected chi connectivity index (χ2v) is 6.42. The number of para-hydroxylation sites is 2. The molecule has 2 aromatic carbocycles. The summed E-state index contributed by atoms with van der Waals surface area (Å²) in [5.74, 6) is 0.186. The Kier molecular flexibility index (Phi) is 4.42. The number of benzene rings is 2. The minimum absolute atomic E-state index is 0.0536. The number of nitrogens with zero attached hydrogens (tertiary/aromatic N) is 3. The largest absolute Gasteiger partial charge is 0.334 e. The molecule has 136 valence electrons. The van der Waals surface area contributed by atoms with Crippen LogP contribution in [0.2, 0.25) is 0 Å². The van der Waals surface area contributed by atoms with Crippen LogP contribution in [-0.2, 0) is 9.59 Å². The lowest BCUT2D eigenvalue weighted by Gasteiger charge is -2.16. The van der Waals surface area contributed by atoms with Gasteiger partial charge in [0.1, 0.15) is 0 Å². The fraction of sp³-hybridized carbons (Fsp3) is 0.200. The Balaban J connectivity index is 1.52. The van der Waals surface area contributed by atoms with Crippen LogP contribution in [0.25, 0.3) is 11.5 Å². The summed E-state index contributed by atoms with van der Waals surface area (Å²) in [6, 6.07) is 16.6. The first-order valence-corrected chi connectivity index (χ1v) is 8.68. The predicted octanol–water partition coefficient (Wildman–Crippen LogP) is 3.04. The average molecular weight is 362 g/mol. The van der Waals surface area contributed by atoms with Gasteiger partial charge in [0.05, 0.1) is 17.2 Å². The maximum atomic E-state index is 12.8. The van der Waals surface area contributed by atoms with Crippen molar-refractivity contribution in [2.24, 2.45) is 5.92 Å². The highest BCUT2D eigenvalue weighted by molar-refractivity contribution is 6.04. The maximum absolute atomic E-state index is 12.8. The van der Waals surface area contributed by atoms with Gasteiger partial charge in [-0.05, 0) is 31.2 Å². The van der Waals surface area contributed by atoms with E-state index in [0.717, 1.165) is 5.69 Å². The fourth-order valence-corrected chi connectivity index (χ4v) is 3.16. The molecule has 0 radical (unpaired) electrons. The van der Waals surface area contributed by atoms with E-state index in [0.29, 0.717) is 29.5 Å². The van der Waals surface area contributed by atoms with Gasteiger partial charge >= 0.3 is 0 Å². The summed E-state index contributed by atoms with van der Waals surface area (Å²) < 4.78 is 5.22. The second kappa shape index (κ2) is 7.03. The molecule has 0 spiro atoms. The van der Waals surface area contributed by atoms with E-state index in [4.69, 9.17) is 4.52 Å². The molecule has 1 aliphatic rings. The lowest BCUT2D eigenvalue weighted by Crippen LogP contribution is -2.28. The molecule has 7 heteroatoms. The van der Waals surface area contributed by atoms with Gasteiger partial charge in [-0.2, -0.15) is 4.98 Å². The molecule has 1 aromatic heterocycles. The van der Waals surface area contributed by atoms with Crippen molar-refractivity contribution < 1.29 is 14.1 Å². The van der Waals surface area contributed by atoms with Gasteiger partial charge < -0.3 is 14.7 Å². The number of aryl methyl sites for hydroxylation is 1. The van der Waals surface area contributed by atoms with Crippen LogP contribution in [0.15, 0.2) is 59.1 Å². The predicted molar refractivity (Wildman–Crippen MR) is 100 cm³/mol. The van der Waals surface area contributed by atoms with Gasteiger partial charge in [-0.1, -0.05) is 35.5 Å². The fourth-order valence-electron chi connectivity index (χ4n) is 3.16. The topological polar surface area (TPSA) is 88.3 Å². The maximum Gasteiger partial charge on any atom is 0.260 e. The van der Waals surface area contributed by atoms with Crippen LogP contribution >= 0.6 is 0 Å². The van der Waals surface area contributed by atoms with Crippen LogP contribution < -0.4 is 10.2 Å². The van der Waals surface area contributed by atoms with Crippen molar-refractivity contribution in [1.82, 2.24) is 10.1 Å². The monoisotopic (exact) mass is 362 g/mol. The first-order valence-electron chi connectivity index (χ1n) is 8.68. The molecule has 0 aliphatic carbocycles. The zero-order chi connectivity index (χ0) is 18.8. The molecule has 0 bridgehead atoms. The molecule has 1 atom stereocenters. The van der Waals surface area contributed by atoms with Gasteiger partial charge in [0.25, 0.3) is 5.89 Å². The summed E-state index contributed by atoms with van der Waals surface area (Å²) >= 11 is 0. The number of hydrogen-bond donors (Lipinski definition) is 1. The number of amides is 2. The number of hydrogen-bond acceptors (Lipinski definition) is 5. The zero-order valence-corrected chi connectivity index (χ0v) is 14.8.